The van der Waals surface area contributed by atoms with Gasteiger partial charge >= 0.3 is 5.97 Å². The minimum Gasteiger partial charge on any atom is -0.479 e. The van der Waals surface area contributed by atoms with Gasteiger partial charge in [0.1, 0.15) is 0 Å². The normalized spacial score (nSPS) is 33.3. The monoisotopic (exact) mass is 208 g/mol. The number of carboxylic acids is 1. The zero-order chi connectivity index (χ0) is 10.8. The molecule has 1 aliphatic rings. The minimum atomic E-state index is -2.35. The third kappa shape index (κ3) is 2.03. The molecule has 1 N–H and O–H groups in total. The lowest BCUT2D eigenvalue weighted by Gasteiger charge is -2.35. The van der Waals surface area contributed by atoms with Crippen LogP contribution in [0.3, 0.4) is 0 Å². The molecule has 0 aromatic heterocycles. The van der Waals surface area contributed by atoms with Crippen LogP contribution in [0.5, 0.6) is 0 Å². The lowest BCUT2D eigenvalue weighted by molar-refractivity contribution is -0.169. The van der Waals surface area contributed by atoms with Crippen LogP contribution in [-0.4, -0.2) is 30.2 Å². The molecule has 0 heterocycles. The Kier molecular flexibility index (Phi) is 3.42. The second-order valence-electron chi connectivity index (χ2n) is 3.68. The van der Waals surface area contributed by atoms with E-state index < -0.39 is 23.9 Å². The van der Waals surface area contributed by atoms with Gasteiger partial charge in [0.15, 0.2) is 5.60 Å². The zero-order valence-corrected chi connectivity index (χ0v) is 8.00. The van der Waals surface area contributed by atoms with Crippen LogP contribution in [0.2, 0.25) is 0 Å². The molecule has 3 nitrogen and oxygen atoms in total. The van der Waals surface area contributed by atoms with Crippen LogP contribution >= 0.6 is 0 Å². The maximum absolute atomic E-state index is 12.3. The first kappa shape index (κ1) is 11.4. The highest BCUT2D eigenvalue weighted by Gasteiger charge is 2.43. The molecule has 0 spiro atoms. The van der Waals surface area contributed by atoms with Gasteiger partial charge in [-0.25, -0.2) is 13.6 Å². The fourth-order valence-electron chi connectivity index (χ4n) is 1.86. The van der Waals surface area contributed by atoms with Gasteiger partial charge in [-0.2, -0.15) is 0 Å². The Morgan fingerprint density at radius 2 is 2.00 bits per heavy atom. The fraction of sp³-hybridized carbons (Fsp3) is 0.889. The van der Waals surface area contributed by atoms with Gasteiger partial charge in [0.25, 0.3) is 0 Å². The lowest BCUT2D eigenvalue weighted by atomic mass is 9.79. The van der Waals surface area contributed by atoms with Crippen LogP contribution in [0.15, 0.2) is 0 Å². The number of rotatable bonds is 3. The largest absolute Gasteiger partial charge is 0.479 e. The van der Waals surface area contributed by atoms with Gasteiger partial charge in [-0.05, 0) is 25.7 Å². The quantitative estimate of drug-likeness (QED) is 0.770. The fourth-order valence-corrected chi connectivity index (χ4v) is 1.86. The minimum absolute atomic E-state index is 0.174. The highest BCUT2D eigenvalue weighted by atomic mass is 19.3. The van der Waals surface area contributed by atoms with Crippen molar-refractivity contribution in [1.29, 1.82) is 0 Å². The first-order chi connectivity index (χ1) is 6.52. The average molecular weight is 208 g/mol. The number of carboxylic acid groups (broad SMARTS) is 1. The third-order valence-electron chi connectivity index (χ3n) is 2.97. The van der Waals surface area contributed by atoms with Crippen molar-refractivity contribution in [3.8, 4) is 0 Å². The summed E-state index contributed by atoms with van der Waals surface area (Å²) in [6.07, 6.45) is -1.56. The van der Waals surface area contributed by atoms with Gasteiger partial charge in [0, 0.05) is 13.0 Å². The Balaban J connectivity index is 2.59. The van der Waals surface area contributed by atoms with Crippen LogP contribution < -0.4 is 0 Å². The van der Waals surface area contributed by atoms with E-state index in [9.17, 15) is 13.6 Å². The molecule has 0 saturated heterocycles. The van der Waals surface area contributed by atoms with Gasteiger partial charge in [-0.15, -0.1) is 0 Å². The van der Waals surface area contributed by atoms with Crippen molar-refractivity contribution in [2.24, 2.45) is 5.92 Å². The summed E-state index contributed by atoms with van der Waals surface area (Å²) in [6.45, 7) is 0. The Morgan fingerprint density at radius 3 is 2.29 bits per heavy atom. The number of hydrogen-bond donors (Lipinski definition) is 1. The van der Waals surface area contributed by atoms with E-state index in [1.54, 1.807) is 0 Å². The third-order valence-corrected chi connectivity index (χ3v) is 2.97. The molecular weight excluding hydrogens is 194 g/mol. The van der Waals surface area contributed by atoms with Crippen molar-refractivity contribution in [2.75, 3.05) is 7.11 Å². The number of methoxy groups -OCH3 is 1. The SMILES string of the molecule is COC1(C(=O)O)CCC(C(F)F)CC1. The lowest BCUT2D eigenvalue weighted by Crippen LogP contribution is -2.44. The molecule has 0 bridgehead atoms. The molecular formula is C9H14F2O3. The van der Waals surface area contributed by atoms with Crippen molar-refractivity contribution < 1.29 is 23.4 Å². The Hall–Kier alpha value is -0.710. The molecule has 14 heavy (non-hydrogen) atoms. The van der Waals surface area contributed by atoms with Crippen molar-refractivity contribution >= 4 is 5.97 Å². The number of carbonyl (C=O) groups is 1. The smallest absolute Gasteiger partial charge is 0.335 e. The molecule has 1 saturated carbocycles. The van der Waals surface area contributed by atoms with Crippen LogP contribution in [0.25, 0.3) is 0 Å². The van der Waals surface area contributed by atoms with Crippen LogP contribution in [0.1, 0.15) is 25.7 Å². The summed E-state index contributed by atoms with van der Waals surface area (Å²) in [5, 5.41) is 8.90. The first-order valence-electron chi connectivity index (χ1n) is 4.58. The number of halogens is 2. The molecule has 0 amide bonds. The zero-order valence-electron chi connectivity index (χ0n) is 8.00. The highest BCUT2D eigenvalue weighted by molar-refractivity contribution is 5.77. The second-order valence-corrected chi connectivity index (χ2v) is 3.68. The van der Waals surface area contributed by atoms with Crippen LogP contribution in [0, 0.1) is 5.92 Å². The maximum Gasteiger partial charge on any atom is 0.335 e. The van der Waals surface area contributed by atoms with E-state index in [0.717, 1.165) is 0 Å². The van der Waals surface area contributed by atoms with Crippen molar-refractivity contribution in [1.82, 2.24) is 0 Å². The molecule has 1 fully saturated rings. The number of ether oxygens (including phenoxy) is 1. The standard InChI is InChI=1S/C9H14F2O3/c1-14-9(8(12)13)4-2-6(3-5-9)7(10)11/h6-7H,2-5H2,1H3,(H,12,13). The molecule has 0 aromatic carbocycles. The van der Waals surface area contributed by atoms with Gasteiger partial charge < -0.3 is 9.84 Å². The summed E-state index contributed by atoms with van der Waals surface area (Å²) in [5.41, 5.74) is -1.23. The van der Waals surface area contributed by atoms with E-state index in [1.807, 2.05) is 0 Å². The molecule has 0 aromatic rings. The van der Waals surface area contributed by atoms with Gasteiger partial charge in [0.2, 0.25) is 6.43 Å². The number of aliphatic carboxylic acids is 1. The first-order valence-corrected chi connectivity index (χ1v) is 4.58. The van der Waals surface area contributed by atoms with E-state index in [-0.39, 0.29) is 25.7 Å². The van der Waals surface area contributed by atoms with Gasteiger partial charge in [-0.1, -0.05) is 0 Å². The molecule has 82 valence electrons. The van der Waals surface area contributed by atoms with E-state index >= 15 is 0 Å². The van der Waals surface area contributed by atoms with E-state index in [1.165, 1.54) is 7.11 Å². The Labute approximate surface area is 81.1 Å². The highest BCUT2D eigenvalue weighted by Crippen LogP contribution is 2.37. The molecule has 0 atom stereocenters. The van der Waals surface area contributed by atoms with Crippen molar-refractivity contribution in [3.05, 3.63) is 0 Å². The van der Waals surface area contributed by atoms with Crippen LogP contribution in [-0.2, 0) is 9.53 Å². The predicted octanol–water partition coefficient (Wildman–Crippen LogP) is 1.91. The summed E-state index contributed by atoms with van der Waals surface area (Å²) < 4.78 is 29.5. The van der Waals surface area contributed by atoms with E-state index in [0.29, 0.717) is 0 Å². The maximum atomic E-state index is 12.3. The molecule has 5 heteroatoms. The average Bonchev–Trinajstić information content (AvgIpc) is 2.17. The summed E-state index contributed by atoms with van der Waals surface area (Å²) in [7, 11) is 1.32. The molecule has 0 unspecified atom stereocenters. The summed E-state index contributed by atoms with van der Waals surface area (Å²) >= 11 is 0. The molecule has 0 radical (unpaired) electrons. The topological polar surface area (TPSA) is 46.5 Å². The van der Waals surface area contributed by atoms with Gasteiger partial charge in [0.05, 0.1) is 0 Å². The van der Waals surface area contributed by atoms with Crippen molar-refractivity contribution in [2.45, 2.75) is 37.7 Å². The second kappa shape index (κ2) is 4.21. The van der Waals surface area contributed by atoms with Crippen molar-refractivity contribution in [3.63, 3.8) is 0 Å². The summed E-state index contributed by atoms with van der Waals surface area (Å²) in [5.74, 6) is -1.72. The van der Waals surface area contributed by atoms with E-state index in [4.69, 9.17) is 9.84 Å². The van der Waals surface area contributed by atoms with Crippen LogP contribution in [0.4, 0.5) is 8.78 Å². The Morgan fingerprint density at radius 1 is 1.50 bits per heavy atom. The molecule has 1 aliphatic carbocycles. The summed E-state index contributed by atoms with van der Waals surface area (Å²) in [4.78, 5) is 10.9. The molecule has 0 aliphatic heterocycles. The molecule has 1 rings (SSSR count). The summed E-state index contributed by atoms with van der Waals surface area (Å²) in [6, 6.07) is 0. The number of hydrogen-bond acceptors (Lipinski definition) is 2. The predicted molar refractivity (Wildman–Crippen MR) is 45.3 cm³/mol. The van der Waals surface area contributed by atoms with Gasteiger partial charge in [-0.3, -0.25) is 0 Å². The Bertz CT molecular complexity index is 210. The van der Waals surface area contributed by atoms with E-state index in [2.05, 4.69) is 0 Å². The number of alkyl halides is 2.